The Bertz CT molecular complexity index is 409. The summed E-state index contributed by atoms with van der Waals surface area (Å²) in [6.07, 6.45) is 0.755. The van der Waals surface area contributed by atoms with Crippen molar-refractivity contribution >= 4 is 11.8 Å². The molecule has 0 N–H and O–H groups in total. The lowest BCUT2D eigenvalue weighted by Gasteiger charge is -2.30. The zero-order valence-electron chi connectivity index (χ0n) is 9.71. The van der Waals surface area contributed by atoms with Crippen molar-refractivity contribution in [2.24, 2.45) is 5.92 Å². The van der Waals surface area contributed by atoms with Crippen LogP contribution in [-0.2, 0) is 19.1 Å². The van der Waals surface area contributed by atoms with Gasteiger partial charge >= 0.3 is 5.97 Å². The summed E-state index contributed by atoms with van der Waals surface area (Å²) >= 11 is 0. The first-order valence-corrected chi connectivity index (χ1v) is 5.43. The van der Waals surface area contributed by atoms with E-state index in [0.29, 0.717) is 5.76 Å². The predicted molar refractivity (Wildman–Crippen MR) is 57.1 cm³/mol. The highest BCUT2D eigenvalue weighted by atomic mass is 16.5. The summed E-state index contributed by atoms with van der Waals surface area (Å²) in [5.74, 6) is -0.933. The molecular weight excluding hydrogens is 224 g/mol. The van der Waals surface area contributed by atoms with Gasteiger partial charge in [0.25, 0.3) is 0 Å². The highest BCUT2D eigenvalue weighted by Gasteiger charge is 2.41. The second-order valence-corrected chi connectivity index (χ2v) is 4.02. The topological polar surface area (TPSA) is 65.7 Å². The number of hydrogen-bond donors (Lipinski definition) is 0. The fraction of sp³-hybridized carbons (Fsp3) is 0.500. The zero-order valence-corrected chi connectivity index (χ0v) is 9.71. The third-order valence-corrected chi connectivity index (χ3v) is 2.90. The van der Waals surface area contributed by atoms with Crippen LogP contribution in [0.2, 0.25) is 0 Å². The minimum absolute atomic E-state index is 0.137. The first-order valence-electron chi connectivity index (χ1n) is 5.43. The first-order chi connectivity index (χ1) is 8.13. The molecule has 1 aromatic rings. The number of methoxy groups -OCH3 is 1. The smallest absolute Gasteiger partial charge is 0.318 e. The van der Waals surface area contributed by atoms with Gasteiger partial charge in [0.05, 0.1) is 19.5 Å². The van der Waals surface area contributed by atoms with Crippen LogP contribution in [0.15, 0.2) is 22.8 Å². The summed E-state index contributed by atoms with van der Waals surface area (Å²) in [5.41, 5.74) is 0. The Labute approximate surface area is 98.7 Å². The highest BCUT2D eigenvalue weighted by molar-refractivity contribution is 6.00. The van der Waals surface area contributed by atoms with E-state index in [2.05, 4.69) is 4.74 Å². The van der Waals surface area contributed by atoms with Crippen molar-refractivity contribution in [3.8, 4) is 0 Å². The van der Waals surface area contributed by atoms with Gasteiger partial charge in [-0.15, -0.1) is 0 Å². The van der Waals surface area contributed by atoms with Crippen molar-refractivity contribution in [1.82, 2.24) is 0 Å². The van der Waals surface area contributed by atoms with Crippen LogP contribution in [0.4, 0.5) is 0 Å². The van der Waals surface area contributed by atoms with E-state index in [9.17, 15) is 9.59 Å². The van der Waals surface area contributed by atoms with E-state index in [0.717, 1.165) is 0 Å². The van der Waals surface area contributed by atoms with Crippen molar-refractivity contribution in [2.75, 3.05) is 7.11 Å². The third-order valence-electron chi connectivity index (χ3n) is 2.90. The molecule has 0 saturated carbocycles. The Morgan fingerprint density at radius 2 is 2.29 bits per heavy atom. The molecule has 0 amide bonds. The van der Waals surface area contributed by atoms with E-state index in [-0.39, 0.29) is 12.2 Å². The van der Waals surface area contributed by atoms with Gasteiger partial charge in [-0.3, -0.25) is 9.59 Å². The van der Waals surface area contributed by atoms with Crippen LogP contribution in [-0.4, -0.2) is 25.0 Å². The predicted octanol–water partition coefficient (Wildman–Crippen LogP) is 1.49. The number of Topliss-reactive ketones (excluding diaryl/α,β-unsaturated/α-hetero) is 1. The van der Waals surface area contributed by atoms with Crippen LogP contribution in [0.5, 0.6) is 0 Å². The Kier molecular flexibility index (Phi) is 3.28. The molecule has 5 nitrogen and oxygen atoms in total. The molecule has 0 aliphatic carbocycles. The van der Waals surface area contributed by atoms with Crippen molar-refractivity contribution in [3.63, 3.8) is 0 Å². The maximum Gasteiger partial charge on any atom is 0.318 e. The van der Waals surface area contributed by atoms with Crippen LogP contribution >= 0.6 is 0 Å². The lowest BCUT2D eigenvalue weighted by Crippen LogP contribution is -2.41. The van der Waals surface area contributed by atoms with E-state index in [1.165, 1.54) is 13.4 Å². The van der Waals surface area contributed by atoms with Crippen molar-refractivity contribution in [2.45, 2.75) is 25.6 Å². The largest absolute Gasteiger partial charge is 0.468 e. The molecule has 2 rings (SSSR count). The maximum absolute atomic E-state index is 11.9. The molecule has 0 radical (unpaired) electrons. The summed E-state index contributed by atoms with van der Waals surface area (Å²) in [7, 11) is 1.26. The van der Waals surface area contributed by atoms with E-state index >= 15 is 0 Å². The molecule has 3 atom stereocenters. The molecule has 0 aromatic carbocycles. The lowest BCUT2D eigenvalue weighted by molar-refractivity contribution is -0.166. The molecule has 17 heavy (non-hydrogen) atoms. The van der Waals surface area contributed by atoms with Gasteiger partial charge in [0.15, 0.2) is 5.78 Å². The Morgan fingerprint density at radius 1 is 1.53 bits per heavy atom. The lowest BCUT2D eigenvalue weighted by atomic mass is 9.90. The van der Waals surface area contributed by atoms with Crippen molar-refractivity contribution in [3.05, 3.63) is 24.2 Å². The third kappa shape index (κ3) is 2.24. The van der Waals surface area contributed by atoms with Crippen LogP contribution in [0, 0.1) is 5.92 Å². The van der Waals surface area contributed by atoms with Gasteiger partial charge in [-0.05, 0) is 19.1 Å². The SMILES string of the molecule is COC(=O)[C@@H]1C(=O)C[C@@H](c2ccco2)O[C@H]1C. The summed E-state index contributed by atoms with van der Waals surface area (Å²) in [5, 5.41) is 0. The number of ether oxygens (including phenoxy) is 2. The maximum atomic E-state index is 11.9. The Morgan fingerprint density at radius 3 is 2.82 bits per heavy atom. The molecular formula is C12H14O5. The van der Waals surface area contributed by atoms with Crippen molar-refractivity contribution in [1.29, 1.82) is 0 Å². The van der Waals surface area contributed by atoms with Gasteiger partial charge in [0.1, 0.15) is 17.8 Å². The quantitative estimate of drug-likeness (QED) is 0.577. The number of rotatable bonds is 2. The fourth-order valence-electron chi connectivity index (χ4n) is 2.05. The minimum Gasteiger partial charge on any atom is -0.468 e. The number of carbonyl (C=O) groups is 2. The van der Waals surface area contributed by atoms with Gasteiger partial charge in [-0.25, -0.2) is 0 Å². The molecule has 0 bridgehead atoms. The van der Waals surface area contributed by atoms with Gasteiger partial charge in [-0.2, -0.15) is 0 Å². The molecule has 2 heterocycles. The molecule has 92 valence electrons. The molecule has 0 spiro atoms. The van der Waals surface area contributed by atoms with Gasteiger partial charge < -0.3 is 13.9 Å². The van der Waals surface area contributed by atoms with Crippen LogP contribution in [0.1, 0.15) is 25.2 Å². The molecule has 5 heteroatoms. The minimum atomic E-state index is -0.828. The second kappa shape index (κ2) is 4.71. The van der Waals surface area contributed by atoms with E-state index in [1.54, 1.807) is 19.1 Å². The molecule has 1 aromatic heterocycles. The number of esters is 1. The number of hydrogen-bond acceptors (Lipinski definition) is 5. The van der Waals surface area contributed by atoms with E-state index in [4.69, 9.17) is 9.15 Å². The highest BCUT2D eigenvalue weighted by Crippen LogP contribution is 2.32. The van der Waals surface area contributed by atoms with E-state index < -0.39 is 24.1 Å². The normalized spacial score (nSPS) is 29.1. The number of furan rings is 1. The van der Waals surface area contributed by atoms with Crippen LogP contribution < -0.4 is 0 Å². The van der Waals surface area contributed by atoms with Crippen LogP contribution in [0.25, 0.3) is 0 Å². The summed E-state index contributed by atoms with van der Waals surface area (Å²) in [6.45, 7) is 1.69. The molecule has 1 aliphatic heterocycles. The number of carbonyl (C=O) groups excluding carboxylic acids is 2. The van der Waals surface area contributed by atoms with E-state index in [1.807, 2.05) is 0 Å². The number of ketones is 1. The van der Waals surface area contributed by atoms with Crippen LogP contribution in [0.3, 0.4) is 0 Å². The average molecular weight is 238 g/mol. The zero-order chi connectivity index (χ0) is 12.4. The summed E-state index contributed by atoms with van der Waals surface area (Å²) < 4.78 is 15.4. The first kappa shape index (κ1) is 11.9. The van der Waals surface area contributed by atoms with Gasteiger partial charge in [0.2, 0.25) is 0 Å². The Hall–Kier alpha value is -1.62. The fourth-order valence-corrected chi connectivity index (χ4v) is 2.05. The Balaban J connectivity index is 2.13. The molecule has 0 unspecified atom stereocenters. The van der Waals surface area contributed by atoms with Gasteiger partial charge in [-0.1, -0.05) is 0 Å². The molecule has 1 saturated heterocycles. The summed E-state index contributed by atoms with van der Waals surface area (Å²) in [4.78, 5) is 23.3. The van der Waals surface area contributed by atoms with Gasteiger partial charge in [0, 0.05) is 6.42 Å². The van der Waals surface area contributed by atoms with Crippen molar-refractivity contribution < 1.29 is 23.5 Å². The second-order valence-electron chi connectivity index (χ2n) is 4.02. The molecule has 1 fully saturated rings. The average Bonchev–Trinajstić information content (AvgIpc) is 2.81. The summed E-state index contributed by atoms with van der Waals surface area (Å²) in [6, 6.07) is 3.49. The molecule has 1 aliphatic rings. The monoisotopic (exact) mass is 238 g/mol. The standard InChI is InChI=1S/C12H14O5/c1-7-11(12(14)15-2)8(13)6-10(17-7)9-4-3-5-16-9/h3-5,7,10-11H,6H2,1-2H3/t7-,10-,11-/m0/s1.